The van der Waals surface area contributed by atoms with Crippen LogP contribution in [0, 0.1) is 11.6 Å². The Labute approximate surface area is 104 Å². The third-order valence-electron chi connectivity index (χ3n) is 2.17. The van der Waals surface area contributed by atoms with Crippen molar-refractivity contribution in [3.63, 3.8) is 0 Å². The molecule has 0 aromatic heterocycles. The fraction of sp³-hybridized carbons (Fsp3) is 0.417. The van der Waals surface area contributed by atoms with Crippen molar-refractivity contribution >= 4 is 5.91 Å². The number of carbonyl (C=O) groups is 1. The van der Waals surface area contributed by atoms with Crippen molar-refractivity contribution < 1.29 is 18.3 Å². The second kappa shape index (κ2) is 7.73. The molecular formula is C12H16F2N2O2. The average molecular weight is 258 g/mol. The molecule has 0 spiro atoms. The smallest absolute Gasteiger partial charge is 0.234 e. The highest BCUT2D eigenvalue weighted by Gasteiger charge is 2.02. The monoisotopic (exact) mass is 258 g/mol. The van der Waals surface area contributed by atoms with Crippen molar-refractivity contribution in [2.24, 2.45) is 0 Å². The van der Waals surface area contributed by atoms with Crippen LogP contribution in [0.1, 0.15) is 5.56 Å². The van der Waals surface area contributed by atoms with Crippen LogP contribution in [0.2, 0.25) is 0 Å². The lowest BCUT2D eigenvalue weighted by molar-refractivity contribution is -0.120. The van der Waals surface area contributed by atoms with Crippen LogP contribution >= 0.6 is 0 Å². The maximum Gasteiger partial charge on any atom is 0.234 e. The number of nitrogens with one attached hydrogen (secondary N) is 2. The molecule has 0 unspecified atom stereocenters. The third kappa shape index (κ3) is 5.70. The highest BCUT2D eigenvalue weighted by molar-refractivity contribution is 5.77. The van der Waals surface area contributed by atoms with Gasteiger partial charge in [0.05, 0.1) is 13.2 Å². The number of carbonyl (C=O) groups excluding carboxylic acids is 1. The summed E-state index contributed by atoms with van der Waals surface area (Å²) in [7, 11) is 1.54. The molecule has 100 valence electrons. The van der Waals surface area contributed by atoms with E-state index in [-0.39, 0.29) is 19.0 Å². The van der Waals surface area contributed by atoms with Crippen LogP contribution in [0.25, 0.3) is 0 Å². The largest absolute Gasteiger partial charge is 0.383 e. The Hall–Kier alpha value is -1.53. The van der Waals surface area contributed by atoms with Gasteiger partial charge in [0.25, 0.3) is 0 Å². The van der Waals surface area contributed by atoms with Crippen LogP contribution in [0.3, 0.4) is 0 Å². The molecule has 0 saturated carbocycles. The molecule has 1 aromatic carbocycles. The zero-order valence-corrected chi connectivity index (χ0v) is 10.1. The summed E-state index contributed by atoms with van der Waals surface area (Å²) in [6.45, 7) is 1.20. The number of rotatable bonds is 7. The second-order valence-electron chi connectivity index (χ2n) is 3.72. The standard InChI is InChI=1S/C12H16F2N2O2/c1-18-3-2-16-12(17)8-15-7-9-4-10(13)6-11(14)5-9/h4-6,15H,2-3,7-8H2,1H3,(H,16,17). The minimum absolute atomic E-state index is 0.0852. The van der Waals surface area contributed by atoms with Crippen LogP contribution in [-0.4, -0.2) is 32.7 Å². The van der Waals surface area contributed by atoms with Crippen LogP contribution in [0.5, 0.6) is 0 Å². The summed E-state index contributed by atoms with van der Waals surface area (Å²) in [6, 6.07) is 3.25. The molecule has 1 aromatic rings. The minimum Gasteiger partial charge on any atom is -0.383 e. The van der Waals surface area contributed by atoms with Gasteiger partial charge >= 0.3 is 0 Å². The lowest BCUT2D eigenvalue weighted by atomic mass is 10.2. The topological polar surface area (TPSA) is 50.4 Å². The first-order valence-corrected chi connectivity index (χ1v) is 5.53. The molecule has 0 saturated heterocycles. The van der Waals surface area contributed by atoms with Gasteiger partial charge in [0, 0.05) is 26.3 Å². The summed E-state index contributed by atoms with van der Waals surface area (Å²) in [5.74, 6) is -1.45. The molecule has 0 aliphatic rings. The SMILES string of the molecule is COCCNC(=O)CNCc1cc(F)cc(F)c1. The molecule has 6 heteroatoms. The second-order valence-corrected chi connectivity index (χ2v) is 3.72. The Morgan fingerprint density at radius 2 is 1.94 bits per heavy atom. The molecule has 18 heavy (non-hydrogen) atoms. The average Bonchev–Trinajstić information content (AvgIpc) is 2.28. The van der Waals surface area contributed by atoms with E-state index in [0.717, 1.165) is 6.07 Å². The number of methoxy groups -OCH3 is 1. The zero-order chi connectivity index (χ0) is 13.4. The Bertz CT molecular complexity index is 379. The van der Waals surface area contributed by atoms with E-state index < -0.39 is 11.6 Å². The van der Waals surface area contributed by atoms with Crippen molar-refractivity contribution in [1.29, 1.82) is 0 Å². The maximum atomic E-state index is 12.9. The van der Waals surface area contributed by atoms with Crippen molar-refractivity contribution in [3.8, 4) is 0 Å². The maximum absolute atomic E-state index is 12.9. The first-order chi connectivity index (χ1) is 8.61. The van der Waals surface area contributed by atoms with Crippen LogP contribution in [-0.2, 0) is 16.1 Å². The number of benzene rings is 1. The lowest BCUT2D eigenvalue weighted by Gasteiger charge is -2.06. The Morgan fingerprint density at radius 1 is 1.28 bits per heavy atom. The van der Waals surface area contributed by atoms with Gasteiger partial charge in [-0.25, -0.2) is 8.78 Å². The summed E-state index contributed by atoms with van der Waals surface area (Å²) in [6.07, 6.45) is 0. The summed E-state index contributed by atoms with van der Waals surface area (Å²) in [5, 5.41) is 5.41. The summed E-state index contributed by atoms with van der Waals surface area (Å²) in [5.41, 5.74) is 0.456. The molecule has 2 N–H and O–H groups in total. The normalized spacial score (nSPS) is 10.4. The number of amides is 1. The Morgan fingerprint density at radius 3 is 2.56 bits per heavy atom. The number of halogens is 2. The summed E-state index contributed by atoms with van der Waals surface area (Å²) in [4.78, 5) is 11.3. The van der Waals surface area contributed by atoms with E-state index in [0.29, 0.717) is 18.7 Å². The van der Waals surface area contributed by atoms with Crippen molar-refractivity contribution in [1.82, 2.24) is 10.6 Å². The Balaban J connectivity index is 2.26. The quantitative estimate of drug-likeness (QED) is 0.712. The summed E-state index contributed by atoms with van der Waals surface area (Å²) >= 11 is 0. The predicted octanol–water partition coefficient (Wildman–Crippen LogP) is 0.817. The van der Waals surface area contributed by atoms with Gasteiger partial charge in [-0.15, -0.1) is 0 Å². The fourth-order valence-corrected chi connectivity index (χ4v) is 1.39. The van der Waals surface area contributed by atoms with Gasteiger partial charge in [0.1, 0.15) is 11.6 Å². The lowest BCUT2D eigenvalue weighted by Crippen LogP contribution is -2.35. The van der Waals surface area contributed by atoms with E-state index >= 15 is 0 Å². The molecule has 0 atom stereocenters. The number of ether oxygens (including phenoxy) is 1. The van der Waals surface area contributed by atoms with E-state index in [4.69, 9.17) is 4.74 Å². The zero-order valence-electron chi connectivity index (χ0n) is 10.1. The first-order valence-electron chi connectivity index (χ1n) is 5.53. The third-order valence-corrected chi connectivity index (χ3v) is 2.17. The molecular weight excluding hydrogens is 242 g/mol. The van der Waals surface area contributed by atoms with Crippen LogP contribution < -0.4 is 10.6 Å². The van der Waals surface area contributed by atoms with Crippen LogP contribution in [0.15, 0.2) is 18.2 Å². The molecule has 4 nitrogen and oxygen atoms in total. The van der Waals surface area contributed by atoms with Crippen molar-refractivity contribution in [2.75, 3.05) is 26.8 Å². The van der Waals surface area contributed by atoms with Gasteiger partial charge in [0.2, 0.25) is 5.91 Å². The first kappa shape index (κ1) is 14.5. The molecule has 1 amide bonds. The van der Waals surface area contributed by atoms with E-state index in [2.05, 4.69) is 10.6 Å². The van der Waals surface area contributed by atoms with E-state index in [9.17, 15) is 13.6 Å². The van der Waals surface area contributed by atoms with E-state index in [1.165, 1.54) is 12.1 Å². The van der Waals surface area contributed by atoms with E-state index in [1.807, 2.05) is 0 Å². The number of hydrogen-bond acceptors (Lipinski definition) is 3. The van der Waals surface area contributed by atoms with Crippen LogP contribution in [0.4, 0.5) is 8.78 Å². The van der Waals surface area contributed by atoms with Gasteiger partial charge in [0.15, 0.2) is 0 Å². The molecule has 0 aliphatic carbocycles. The summed E-state index contributed by atoms with van der Waals surface area (Å²) < 4.78 is 30.5. The predicted molar refractivity (Wildman–Crippen MR) is 63.0 cm³/mol. The van der Waals surface area contributed by atoms with E-state index in [1.54, 1.807) is 7.11 Å². The fourth-order valence-electron chi connectivity index (χ4n) is 1.39. The van der Waals surface area contributed by atoms with Crippen molar-refractivity contribution in [3.05, 3.63) is 35.4 Å². The highest BCUT2D eigenvalue weighted by atomic mass is 19.1. The molecule has 1 rings (SSSR count). The molecule has 0 aliphatic heterocycles. The minimum atomic E-state index is -0.628. The van der Waals surface area contributed by atoms with Gasteiger partial charge in [-0.3, -0.25) is 4.79 Å². The van der Waals surface area contributed by atoms with Gasteiger partial charge in [-0.1, -0.05) is 0 Å². The molecule has 0 radical (unpaired) electrons. The van der Waals surface area contributed by atoms with Crippen molar-refractivity contribution in [2.45, 2.75) is 6.54 Å². The molecule has 0 fully saturated rings. The van der Waals surface area contributed by atoms with Gasteiger partial charge in [-0.2, -0.15) is 0 Å². The van der Waals surface area contributed by atoms with Gasteiger partial charge < -0.3 is 15.4 Å². The number of hydrogen-bond donors (Lipinski definition) is 2. The highest BCUT2D eigenvalue weighted by Crippen LogP contribution is 2.07. The Kier molecular flexibility index (Phi) is 6.24. The molecule has 0 bridgehead atoms. The van der Waals surface area contributed by atoms with Gasteiger partial charge in [-0.05, 0) is 17.7 Å². The molecule has 0 heterocycles.